The van der Waals surface area contributed by atoms with Gasteiger partial charge < -0.3 is 15.7 Å². The number of anilines is 1. The summed E-state index contributed by atoms with van der Waals surface area (Å²) >= 11 is 0. The number of carbonyl (C=O) groups excluding carboxylic acids is 1. The van der Waals surface area contributed by atoms with E-state index in [-0.39, 0.29) is 12.5 Å². The molecule has 0 fully saturated rings. The van der Waals surface area contributed by atoms with Crippen LogP contribution < -0.4 is 10.6 Å². The highest BCUT2D eigenvalue weighted by Gasteiger charge is 2.03. The van der Waals surface area contributed by atoms with Crippen LogP contribution in [0.25, 0.3) is 0 Å². The van der Waals surface area contributed by atoms with Gasteiger partial charge in [0.1, 0.15) is 0 Å². The molecule has 0 saturated heterocycles. The monoisotopic (exact) mass is 288 g/mol. The predicted molar refractivity (Wildman–Crippen MR) is 77.0 cm³/mol. The smallest absolute Gasteiger partial charge is 0.319 e. The number of hydrogen-bond donors (Lipinski definition) is 3. The number of carbonyl (C=O) groups is 2. The van der Waals surface area contributed by atoms with E-state index in [4.69, 9.17) is 5.11 Å². The van der Waals surface area contributed by atoms with E-state index in [2.05, 4.69) is 15.7 Å². The van der Waals surface area contributed by atoms with Crippen molar-refractivity contribution in [3.63, 3.8) is 0 Å². The van der Waals surface area contributed by atoms with Crippen molar-refractivity contribution in [2.75, 3.05) is 11.9 Å². The average molecular weight is 288 g/mol. The highest BCUT2D eigenvalue weighted by Crippen LogP contribution is 2.09. The third kappa shape index (κ3) is 4.98. The number of aromatic nitrogens is 2. The molecule has 3 N–H and O–H groups in total. The van der Waals surface area contributed by atoms with E-state index in [9.17, 15) is 9.59 Å². The van der Waals surface area contributed by atoms with Gasteiger partial charge in [-0.25, -0.2) is 4.79 Å². The largest absolute Gasteiger partial charge is 0.481 e. The van der Waals surface area contributed by atoms with Gasteiger partial charge in [-0.1, -0.05) is 12.1 Å². The van der Waals surface area contributed by atoms with Crippen LogP contribution in [-0.2, 0) is 17.8 Å². The molecule has 0 aliphatic rings. The molecule has 0 saturated carbocycles. The molecule has 0 atom stereocenters. The molecule has 7 heteroatoms. The molecule has 2 amide bonds. The molecule has 1 aromatic carbocycles. The lowest BCUT2D eigenvalue weighted by Gasteiger charge is -2.08. The molecule has 0 unspecified atom stereocenters. The van der Waals surface area contributed by atoms with Crippen LogP contribution in [0.4, 0.5) is 10.5 Å². The number of aliphatic carboxylic acids is 1. The van der Waals surface area contributed by atoms with Gasteiger partial charge in [-0.05, 0) is 23.8 Å². The minimum atomic E-state index is -0.882. The number of nitrogens with zero attached hydrogens (tertiary/aromatic N) is 2. The van der Waals surface area contributed by atoms with Gasteiger partial charge in [0.2, 0.25) is 0 Å². The summed E-state index contributed by atoms with van der Waals surface area (Å²) in [5.41, 5.74) is 1.30. The highest BCUT2D eigenvalue weighted by atomic mass is 16.4. The van der Waals surface area contributed by atoms with Gasteiger partial charge >= 0.3 is 12.0 Å². The lowest BCUT2D eigenvalue weighted by atomic mass is 10.1. The molecule has 21 heavy (non-hydrogen) atoms. The molecule has 0 spiro atoms. The minimum absolute atomic E-state index is 0.0314. The van der Waals surface area contributed by atoms with Crippen LogP contribution in [-0.4, -0.2) is 33.4 Å². The Labute approximate surface area is 121 Å². The second-order valence-electron chi connectivity index (χ2n) is 4.42. The van der Waals surface area contributed by atoms with E-state index in [1.807, 2.05) is 12.3 Å². The van der Waals surface area contributed by atoms with Gasteiger partial charge in [-0.3, -0.25) is 9.48 Å². The number of carboxylic acids is 1. The van der Waals surface area contributed by atoms with Crippen molar-refractivity contribution in [1.29, 1.82) is 0 Å². The van der Waals surface area contributed by atoms with Crippen LogP contribution in [0.2, 0.25) is 0 Å². The third-order valence-corrected chi connectivity index (χ3v) is 2.75. The Morgan fingerprint density at radius 1 is 1.24 bits per heavy atom. The fourth-order valence-corrected chi connectivity index (χ4v) is 1.77. The number of nitrogens with one attached hydrogen (secondary N) is 2. The van der Waals surface area contributed by atoms with Crippen molar-refractivity contribution >= 4 is 17.7 Å². The molecule has 1 heterocycles. The zero-order valence-corrected chi connectivity index (χ0v) is 11.3. The Bertz CT molecular complexity index is 593. The van der Waals surface area contributed by atoms with Crippen molar-refractivity contribution in [2.45, 2.75) is 13.0 Å². The van der Waals surface area contributed by atoms with Crippen molar-refractivity contribution in [1.82, 2.24) is 15.1 Å². The molecule has 2 rings (SSSR count). The van der Waals surface area contributed by atoms with E-state index >= 15 is 0 Å². The zero-order valence-electron chi connectivity index (χ0n) is 11.3. The maximum absolute atomic E-state index is 11.7. The third-order valence-electron chi connectivity index (χ3n) is 2.75. The number of hydrogen-bond acceptors (Lipinski definition) is 3. The van der Waals surface area contributed by atoms with E-state index in [1.54, 1.807) is 35.1 Å². The van der Waals surface area contributed by atoms with Gasteiger partial charge in [-0.2, -0.15) is 5.10 Å². The van der Waals surface area contributed by atoms with Crippen LogP contribution in [0.3, 0.4) is 0 Å². The first-order valence-electron chi connectivity index (χ1n) is 6.46. The first kappa shape index (κ1) is 14.6. The van der Waals surface area contributed by atoms with E-state index < -0.39 is 5.97 Å². The standard InChI is InChI=1S/C14H16N4O3/c19-13(20)10-11-2-4-12(5-3-11)17-14(21)15-7-9-18-8-1-6-16-18/h1-6,8H,7,9-10H2,(H,19,20)(H2,15,17,21). The second-order valence-corrected chi connectivity index (χ2v) is 4.42. The normalized spacial score (nSPS) is 10.1. The number of carboxylic acid groups (broad SMARTS) is 1. The molecule has 0 radical (unpaired) electrons. The van der Waals surface area contributed by atoms with Gasteiger partial charge in [-0.15, -0.1) is 0 Å². The lowest BCUT2D eigenvalue weighted by Crippen LogP contribution is -2.31. The molecule has 2 aromatic rings. The number of benzene rings is 1. The number of rotatable bonds is 6. The Hall–Kier alpha value is -2.83. The summed E-state index contributed by atoms with van der Waals surface area (Å²) in [4.78, 5) is 22.2. The Morgan fingerprint density at radius 3 is 2.62 bits per heavy atom. The summed E-state index contributed by atoms with van der Waals surface area (Å²) in [7, 11) is 0. The first-order valence-corrected chi connectivity index (χ1v) is 6.46. The fraction of sp³-hybridized carbons (Fsp3) is 0.214. The van der Waals surface area contributed by atoms with Crippen molar-refractivity contribution in [2.24, 2.45) is 0 Å². The van der Waals surface area contributed by atoms with Crippen LogP contribution >= 0.6 is 0 Å². The van der Waals surface area contributed by atoms with Gasteiger partial charge in [0, 0.05) is 24.6 Å². The second kappa shape index (κ2) is 7.09. The maximum Gasteiger partial charge on any atom is 0.319 e. The lowest BCUT2D eigenvalue weighted by molar-refractivity contribution is -0.136. The van der Waals surface area contributed by atoms with E-state index in [0.29, 0.717) is 24.3 Å². The van der Waals surface area contributed by atoms with Crippen molar-refractivity contribution < 1.29 is 14.7 Å². The van der Waals surface area contributed by atoms with Gasteiger partial charge in [0.05, 0.1) is 13.0 Å². The fourth-order valence-electron chi connectivity index (χ4n) is 1.77. The SMILES string of the molecule is O=C(O)Cc1ccc(NC(=O)NCCn2cccn2)cc1. The summed E-state index contributed by atoms with van der Waals surface area (Å²) in [5.74, 6) is -0.882. The Kier molecular flexibility index (Phi) is 4.92. The molecular weight excluding hydrogens is 272 g/mol. The summed E-state index contributed by atoms with van der Waals surface area (Å²) in [6.45, 7) is 1.06. The molecule has 110 valence electrons. The van der Waals surface area contributed by atoms with Gasteiger partial charge in [0.25, 0.3) is 0 Å². The summed E-state index contributed by atoms with van der Waals surface area (Å²) in [6, 6.07) is 8.20. The molecule has 0 aliphatic heterocycles. The van der Waals surface area contributed by atoms with E-state index in [0.717, 1.165) is 0 Å². The van der Waals surface area contributed by atoms with Crippen molar-refractivity contribution in [3.05, 3.63) is 48.3 Å². The van der Waals surface area contributed by atoms with E-state index in [1.165, 1.54) is 0 Å². The maximum atomic E-state index is 11.7. The van der Waals surface area contributed by atoms with Gasteiger partial charge in [0.15, 0.2) is 0 Å². The summed E-state index contributed by atoms with van der Waals surface area (Å²) in [5, 5.41) is 18.1. The topological polar surface area (TPSA) is 96.3 Å². The Balaban J connectivity index is 1.75. The first-order chi connectivity index (χ1) is 10.1. The zero-order chi connectivity index (χ0) is 15.1. The van der Waals surface area contributed by atoms with Crippen LogP contribution in [0.1, 0.15) is 5.56 Å². The molecule has 0 bridgehead atoms. The Morgan fingerprint density at radius 2 is 2.00 bits per heavy atom. The molecule has 1 aromatic heterocycles. The molecule has 7 nitrogen and oxygen atoms in total. The van der Waals surface area contributed by atoms with Crippen molar-refractivity contribution in [3.8, 4) is 0 Å². The van der Waals surface area contributed by atoms with Crippen LogP contribution in [0.5, 0.6) is 0 Å². The highest BCUT2D eigenvalue weighted by molar-refractivity contribution is 5.89. The molecular formula is C14H16N4O3. The summed E-state index contributed by atoms with van der Waals surface area (Å²) in [6.07, 6.45) is 3.47. The minimum Gasteiger partial charge on any atom is -0.481 e. The summed E-state index contributed by atoms with van der Waals surface area (Å²) < 4.78 is 1.72. The average Bonchev–Trinajstić information content (AvgIpc) is 2.93. The predicted octanol–water partition coefficient (Wildman–Crippen LogP) is 1.33. The number of urea groups is 1. The van der Waals surface area contributed by atoms with Crippen LogP contribution in [0, 0.1) is 0 Å². The molecule has 0 aliphatic carbocycles. The number of amides is 2. The van der Waals surface area contributed by atoms with Crippen LogP contribution in [0.15, 0.2) is 42.7 Å². The quantitative estimate of drug-likeness (QED) is 0.747.